The van der Waals surface area contributed by atoms with Crippen LogP contribution in [0.1, 0.15) is 18.1 Å². The number of hydrogen-bond acceptors (Lipinski definition) is 3. The molecule has 0 fully saturated rings. The zero-order valence-corrected chi connectivity index (χ0v) is 9.84. The molecule has 0 aliphatic rings. The molecule has 0 unspecified atom stereocenters. The van der Waals surface area contributed by atoms with Crippen molar-refractivity contribution in [2.24, 2.45) is 5.73 Å². The van der Waals surface area contributed by atoms with Crippen LogP contribution in [-0.2, 0) is 16.6 Å². The quantitative estimate of drug-likeness (QED) is 0.514. The van der Waals surface area contributed by atoms with Crippen LogP contribution in [0.3, 0.4) is 0 Å². The van der Waals surface area contributed by atoms with Crippen molar-refractivity contribution in [3.8, 4) is 0 Å². The van der Waals surface area contributed by atoms with Gasteiger partial charge in [-0.2, -0.15) is 0 Å². The third-order valence-electron chi connectivity index (χ3n) is 2.14. The SMILES string of the molecule is CCS(=O)(=O)NCc1ccc(C(=N)N)cc1. The van der Waals surface area contributed by atoms with Gasteiger partial charge in [0.25, 0.3) is 0 Å². The van der Waals surface area contributed by atoms with E-state index in [1.54, 1.807) is 31.2 Å². The van der Waals surface area contributed by atoms with E-state index in [4.69, 9.17) is 11.1 Å². The Balaban J connectivity index is 2.66. The zero-order chi connectivity index (χ0) is 12.2. The molecule has 4 N–H and O–H groups in total. The van der Waals surface area contributed by atoms with Gasteiger partial charge in [0.2, 0.25) is 10.0 Å². The molecular weight excluding hydrogens is 226 g/mol. The van der Waals surface area contributed by atoms with Crippen molar-refractivity contribution in [1.82, 2.24) is 4.72 Å². The topological polar surface area (TPSA) is 96.0 Å². The lowest BCUT2D eigenvalue weighted by Gasteiger charge is -2.05. The lowest BCUT2D eigenvalue weighted by atomic mass is 10.1. The highest BCUT2D eigenvalue weighted by molar-refractivity contribution is 7.89. The molecule has 0 aliphatic heterocycles. The number of nitrogen functional groups attached to an aromatic ring is 1. The van der Waals surface area contributed by atoms with E-state index in [0.29, 0.717) is 5.56 Å². The second kappa shape index (κ2) is 5.09. The summed E-state index contributed by atoms with van der Waals surface area (Å²) in [5, 5.41) is 7.20. The lowest BCUT2D eigenvalue weighted by Crippen LogP contribution is -2.24. The van der Waals surface area contributed by atoms with Gasteiger partial charge < -0.3 is 5.73 Å². The van der Waals surface area contributed by atoms with Crippen LogP contribution in [0.4, 0.5) is 0 Å². The van der Waals surface area contributed by atoms with Gasteiger partial charge in [0.15, 0.2) is 0 Å². The van der Waals surface area contributed by atoms with Crippen molar-refractivity contribution in [1.29, 1.82) is 5.41 Å². The summed E-state index contributed by atoms with van der Waals surface area (Å²) in [6.07, 6.45) is 0. The number of nitrogens with two attached hydrogens (primary N) is 1. The maximum absolute atomic E-state index is 11.2. The van der Waals surface area contributed by atoms with Crippen molar-refractivity contribution in [3.05, 3.63) is 35.4 Å². The Morgan fingerprint density at radius 3 is 2.38 bits per heavy atom. The highest BCUT2D eigenvalue weighted by atomic mass is 32.2. The molecule has 88 valence electrons. The van der Waals surface area contributed by atoms with Crippen molar-refractivity contribution in [2.45, 2.75) is 13.5 Å². The van der Waals surface area contributed by atoms with Gasteiger partial charge in [0.05, 0.1) is 5.75 Å². The zero-order valence-electron chi connectivity index (χ0n) is 9.03. The van der Waals surface area contributed by atoms with Crippen LogP contribution in [0, 0.1) is 5.41 Å². The molecule has 1 rings (SSSR count). The highest BCUT2D eigenvalue weighted by Crippen LogP contribution is 2.04. The number of rotatable bonds is 5. The minimum absolute atomic E-state index is 0.000638. The van der Waals surface area contributed by atoms with E-state index < -0.39 is 10.0 Å². The van der Waals surface area contributed by atoms with Crippen molar-refractivity contribution in [3.63, 3.8) is 0 Å². The predicted octanol–water partition coefficient (Wildman–Crippen LogP) is 0.410. The number of hydrogen-bond donors (Lipinski definition) is 3. The fourth-order valence-corrected chi connectivity index (χ4v) is 1.69. The first-order valence-electron chi connectivity index (χ1n) is 4.85. The van der Waals surface area contributed by atoms with E-state index in [2.05, 4.69) is 4.72 Å². The Hall–Kier alpha value is -1.40. The molecule has 0 saturated carbocycles. The Morgan fingerprint density at radius 1 is 1.38 bits per heavy atom. The fourth-order valence-electron chi connectivity index (χ4n) is 1.10. The summed E-state index contributed by atoms with van der Waals surface area (Å²) in [5.41, 5.74) is 6.76. The number of amidine groups is 1. The Kier molecular flexibility index (Phi) is 4.03. The summed E-state index contributed by atoms with van der Waals surface area (Å²) >= 11 is 0. The second-order valence-corrected chi connectivity index (χ2v) is 5.43. The van der Waals surface area contributed by atoms with Crippen LogP contribution < -0.4 is 10.5 Å². The molecule has 0 atom stereocenters. The van der Waals surface area contributed by atoms with E-state index in [1.807, 2.05) is 0 Å². The molecule has 0 amide bonds. The van der Waals surface area contributed by atoms with Crippen LogP contribution in [0.25, 0.3) is 0 Å². The first-order chi connectivity index (χ1) is 7.44. The van der Waals surface area contributed by atoms with Crippen LogP contribution in [0.2, 0.25) is 0 Å². The first kappa shape index (κ1) is 12.7. The maximum atomic E-state index is 11.2. The second-order valence-electron chi connectivity index (χ2n) is 3.34. The molecule has 1 aromatic carbocycles. The lowest BCUT2D eigenvalue weighted by molar-refractivity contribution is 0.582. The third-order valence-corrected chi connectivity index (χ3v) is 3.49. The standard InChI is InChI=1S/C10H15N3O2S/c1-2-16(14,15)13-7-8-3-5-9(6-4-8)10(11)12/h3-6,13H,2,7H2,1H3,(H3,11,12). The summed E-state index contributed by atoms with van der Waals surface area (Å²) in [4.78, 5) is 0. The molecule has 0 heterocycles. The molecule has 0 aromatic heterocycles. The van der Waals surface area contributed by atoms with E-state index in [9.17, 15) is 8.42 Å². The highest BCUT2D eigenvalue weighted by Gasteiger charge is 2.05. The van der Waals surface area contributed by atoms with Crippen molar-refractivity contribution < 1.29 is 8.42 Å². The average Bonchev–Trinajstić information content (AvgIpc) is 2.27. The fraction of sp³-hybridized carbons (Fsp3) is 0.300. The summed E-state index contributed by atoms with van der Waals surface area (Å²) in [5.74, 6) is 0.0686. The van der Waals surface area contributed by atoms with Crippen molar-refractivity contribution >= 4 is 15.9 Å². The minimum Gasteiger partial charge on any atom is -0.384 e. The monoisotopic (exact) mass is 241 g/mol. The van der Waals surface area contributed by atoms with Crippen LogP contribution in [0.5, 0.6) is 0 Å². The molecule has 0 radical (unpaired) electrons. The van der Waals surface area contributed by atoms with E-state index >= 15 is 0 Å². The summed E-state index contributed by atoms with van der Waals surface area (Å²) in [7, 11) is -3.16. The largest absolute Gasteiger partial charge is 0.384 e. The van der Waals surface area contributed by atoms with Gasteiger partial charge in [0.1, 0.15) is 5.84 Å². The normalized spacial score (nSPS) is 11.3. The minimum atomic E-state index is -3.16. The van der Waals surface area contributed by atoms with Gasteiger partial charge in [0, 0.05) is 12.1 Å². The predicted molar refractivity (Wildman–Crippen MR) is 63.8 cm³/mol. The van der Waals surface area contributed by atoms with Crippen LogP contribution >= 0.6 is 0 Å². The van der Waals surface area contributed by atoms with Crippen LogP contribution in [0.15, 0.2) is 24.3 Å². The summed E-state index contributed by atoms with van der Waals surface area (Å²) in [6.45, 7) is 1.84. The number of sulfonamides is 1. The molecule has 1 aromatic rings. The molecule has 0 saturated heterocycles. The van der Waals surface area contributed by atoms with Gasteiger partial charge in [-0.05, 0) is 12.5 Å². The third kappa shape index (κ3) is 3.63. The molecular formula is C10H15N3O2S. The Labute approximate surface area is 95.2 Å². The maximum Gasteiger partial charge on any atom is 0.211 e. The average molecular weight is 241 g/mol. The molecule has 0 bridgehead atoms. The van der Waals surface area contributed by atoms with E-state index in [-0.39, 0.29) is 18.1 Å². The molecule has 16 heavy (non-hydrogen) atoms. The summed E-state index contributed by atoms with van der Waals surface area (Å²) < 4.78 is 24.8. The van der Waals surface area contributed by atoms with Gasteiger partial charge >= 0.3 is 0 Å². The van der Waals surface area contributed by atoms with Gasteiger partial charge in [-0.3, -0.25) is 5.41 Å². The number of benzene rings is 1. The molecule has 6 heteroatoms. The smallest absolute Gasteiger partial charge is 0.211 e. The molecule has 5 nitrogen and oxygen atoms in total. The Morgan fingerprint density at radius 2 is 1.94 bits per heavy atom. The molecule has 0 aliphatic carbocycles. The van der Waals surface area contributed by atoms with Gasteiger partial charge in [-0.25, -0.2) is 13.1 Å². The first-order valence-corrected chi connectivity index (χ1v) is 6.50. The van der Waals surface area contributed by atoms with Gasteiger partial charge in [-0.15, -0.1) is 0 Å². The van der Waals surface area contributed by atoms with E-state index in [1.165, 1.54) is 0 Å². The molecule has 0 spiro atoms. The van der Waals surface area contributed by atoms with Crippen molar-refractivity contribution in [2.75, 3.05) is 5.75 Å². The van der Waals surface area contributed by atoms with Gasteiger partial charge in [-0.1, -0.05) is 24.3 Å². The van der Waals surface area contributed by atoms with Crippen LogP contribution in [-0.4, -0.2) is 20.0 Å². The Bertz CT molecular complexity index is 465. The summed E-state index contributed by atoms with van der Waals surface area (Å²) in [6, 6.07) is 6.87. The number of nitrogens with one attached hydrogen (secondary N) is 2. The van der Waals surface area contributed by atoms with E-state index in [0.717, 1.165) is 5.56 Å².